The summed E-state index contributed by atoms with van der Waals surface area (Å²) in [6, 6.07) is 13.5. The first-order valence-corrected chi connectivity index (χ1v) is 7.75. The van der Waals surface area contributed by atoms with Gasteiger partial charge in [0.15, 0.2) is 0 Å². The highest BCUT2D eigenvalue weighted by Crippen LogP contribution is 2.25. The zero-order valence-electron chi connectivity index (χ0n) is 13.2. The summed E-state index contributed by atoms with van der Waals surface area (Å²) in [6.07, 6.45) is 1.04. The van der Waals surface area contributed by atoms with E-state index in [4.69, 9.17) is 11.6 Å². The predicted molar refractivity (Wildman–Crippen MR) is 97.2 cm³/mol. The fraction of sp³-hybridized carbons (Fsp3) is 0.0556. The number of nitrogens with zero attached hydrogens (tertiary/aromatic N) is 1. The summed E-state index contributed by atoms with van der Waals surface area (Å²) in [5, 5.41) is 6.76. The highest BCUT2D eigenvalue weighted by Gasteiger charge is 2.10. The van der Waals surface area contributed by atoms with Crippen molar-refractivity contribution in [2.24, 2.45) is 0 Å². The predicted octanol–water partition coefficient (Wildman–Crippen LogP) is 4.32. The Labute approximate surface area is 148 Å². The smallest absolute Gasteiger partial charge is 0.411 e. The van der Waals surface area contributed by atoms with Gasteiger partial charge in [-0.3, -0.25) is 15.1 Å². The van der Waals surface area contributed by atoms with Crippen LogP contribution >= 0.6 is 11.6 Å². The second-order valence-corrected chi connectivity index (χ2v) is 5.60. The molecule has 2 aromatic carbocycles. The second kappa shape index (κ2) is 7.19. The minimum absolute atomic E-state index is 0.271. The molecule has 0 radical (unpaired) electrons. The molecule has 0 atom stereocenters. The van der Waals surface area contributed by atoms with Gasteiger partial charge in [-0.2, -0.15) is 0 Å². The molecule has 1 aromatic heterocycles. The summed E-state index contributed by atoms with van der Waals surface area (Å²) in [4.78, 5) is 27.8. The largest absolute Gasteiger partial charge is 0.453 e. The molecule has 126 valence electrons. The fourth-order valence-electron chi connectivity index (χ4n) is 2.30. The molecule has 0 saturated heterocycles. The van der Waals surface area contributed by atoms with Crippen LogP contribution < -0.4 is 10.6 Å². The first-order chi connectivity index (χ1) is 12.1. The molecule has 2 amide bonds. The second-order valence-electron chi connectivity index (χ2n) is 5.17. The molecule has 0 saturated carbocycles. The van der Waals surface area contributed by atoms with Gasteiger partial charge >= 0.3 is 6.09 Å². The molecule has 6 nitrogen and oxygen atoms in total. The Morgan fingerprint density at radius 2 is 1.80 bits per heavy atom. The molecule has 0 aliphatic carbocycles. The number of carbonyl (C=O) groups is 2. The number of carbonyl (C=O) groups excluding carboxylic acids is 2. The Balaban J connectivity index is 1.79. The van der Waals surface area contributed by atoms with Crippen molar-refractivity contribution in [1.29, 1.82) is 0 Å². The fourth-order valence-corrected chi connectivity index (χ4v) is 2.46. The molecule has 0 unspecified atom stereocenters. The lowest BCUT2D eigenvalue weighted by atomic mass is 10.1. The molecule has 0 aliphatic heterocycles. The third-order valence-electron chi connectivity index (χ3n) is 3.53. The van der Waals surface area contributed by atoms with Crippen LogP contribution in [-0.2, 0) is 4.74 Å². The van der Waals surface area contributed by atoms with Crippen molar-refractivity contribution in [3.05, 3.63) is 65.3 Å². The standard InChI is InChI=1S/C18H14ClN3O3/c1-25-18(24)21-13-5-2-11(3-6-13)17(23)22-15-8-9-20-16-10-12(19)4-7-14(15)16/h2-10H,1H3,(H,21,24)(H,20,22,23). The van der Waals surface area contributed by atoms with Gasteiger partial charge in [0.05, 0.1) is 18.3 Å². The van der Waals surface area contributed by atoms with E-state index in [1.807, 2.05) is 6.07 Å². The highest BCUT2D eigenvalue weighted by molar-refractivity contribution is 6.31. The average Bonchev–Trinajstić information content (AvgIpc) is 2.62. The molecule has 7 heteroatoms. The van der Waals surface area contributed by atoms with Gasteiger partial charge in [-0.25, -0.2) is 4.79 Å². The Kier molecular flexibility index (Phi) is 4.81. The van der Waals surface area contributed by atoms with E-state index < -0.39 is 6.09 Å². The van der Waals surface area contributed by atoms with Crippen molar-refractivity contribution < 1.29 is 14.3 Å². The number of aromatic nitrogens is 1. The number of methoxy groups -OCH3 is 1. The van der Waals surface area contributed by atoms with Gasteiger partial charge in [0.25, 0.3) is 5.91 Å². The van der Waals surface area contributed by atoms with E-state index in [-0.39, 0.29) is 5.91 Å². The number of halogens is 1. The summed E-state index contributed by atoms with van der Waals surface area (Å²) in [7, 11) is 1.28. The van der Waals surface area contributed by atoms with Crippen molar-refractivity contribution in [2.45, 2.75) is 0 Å². The van der Waals surface area contributed by atoms with Crippen LogP contribution in [0.1, 0.15) is 10.4 Å². The van der Waals surface area contributed by atoms with Crippen molar-refractivity contribution in [2.75, 3.05) is 17.7 Å². The number of fused-ring (bicyclic) bond motifs is 1. The summed E-state index contributed by atoms with van der Waals surface area (Å²) < 4.78 is 4.52. The molecule has 3 rings (SSSR count). The number of hydrogen-bond donors (Lipinski definition) is 2. The monoisotopic (exact) mass is 355 g/mol. The Hall–Kier alpha value is -3.12. The van der Waals surface area contributed by atoms with Crippen LogP contribution in [-0.4, -0.2) is 24.1 Å². The van der Waals surface area contributed by atoms with Gasteiger partial charge in [0, 0.05) is 27.9 Å². The van der Waals surface area contributed by atoms with Crippen LogP contribution in [0.3, 0.4) is 0 Å². The lowest BCUT2D eigenvalue weighted by Crippen LogP contribution is -2.13. The zero-order valence-corrected chi connectivity index (χ0v) is 14.0. The third kappa shape index (κ3) is 3.87. The maximum absolute atomic E-state index is 12.4. The van der Waals surface area contributed by atoms with Crippen LogP contribution in [0.25, 0.3) is 10.9 Å². The normalized spacial score (nSPS) is 10.3. The van der Waals surface area contributed by atoms with Crippen molar-refractivity contribution in [3.8, 4) is 0 Å². The van der Waals surface area contributed by atoms with Crippen LogP contribution in [0.5, 0.6) is 0 Å². The molecule has 0 spiro atoms. The number of hydrogen-bond acceptors (Lipinski definition) is 4. The van der Waals surface area contributed by atoms with Crippen LogP contribution in [0.15, 0.2) is 54.7 Å². The van der Waals surface area contributed by atoms with E-state index in [1.165, 1.54) is 7.11 Å². The average molecular weight is 356 g/mol. The van der Waals surface area contributed by atoms with Gasteiger partial charge in [0.1, 0.15) is 0 Å². The summed E-state index contributed by atoms with van der Waals surface area (Å²) in [5.74, 6) is -0.271. The number of amides is 2. The molecule has 2 N–H and O–H groups in total. The Morgan fingerprint density at radius 1 is 1.04 bits per heavy atom. The number of nitrogens with one attached hydrogen (secondary N) is 2. The minimum Gasteiger partial charge on any atom is -0.453 e. The van der Waals surface area contributed by atoms with Gasteiger partial charge in [-0.1, -0.05) is 11.6 Å². The molecular formula is C18H14ClN3O3. The summed E-state index contributed by atoms with van der Waals surface area (Å²) >= 11 is 5.97. The summed E-state index contributed by atoms with van der Waals surface area (Å²) in [6.45, 7) is 0. The lowest BCUT2D eigenvalue weighted by molar-refractivity contribution is 0.102. The molecule has 25 heavy (non-hydrogen) atoms. The van der Waals surface area contributed by atoms with Gasteiger partial charge in [-0.05, 0) is 48.5 Å². The van der Waals surface area contributed by atoms with E-state index in [2.05, 4.69) is 20.4 Å². The number of anilines is 2. The molecule has 0 fully saturated rings. The number of ether oxygens (including phenoxy) is 1. The van der Waals surface area contributed by atoms with E-state index in [1.54, 1.807) is 48.7 Å². The molecule has 0 aliphatic rings. The number of pyridine rings is 1. The first-order valence-electron chi connectivity index (χ1n) is 7.37. The first kappa shape index (κ1) is 16.7. The van der Waals surface area contributed by atoms with Crippen molar-refractivity contribution in [1.82, 2.24) is 4.98 Å². The third-order valence-corrected chi connectivity index (χ3v) is 3.77. The van der Waals surface area contributed by atoms with E-state index in [9.17, 15) is 9.59 Å². The van der Waals surface area contributed by atoms with Crippen molar-refractivity contribution in [3.63, 3.8) is 0 Å². The van der Waals surface area contributed by atoms with Gasteiger partial charge in [0.2, 0.25) is 0 Å². The van der Waals surface area contributed by atoms with E-state index in [0.717, 1.165) is 5.39 Å². The maximum atomic E-state index is 12.4. The number of rotatable bonds is 3. The van der Waals surface area contributed by atoms with Crippen molar-refractivity contribution >= 4 is 45.9 Å². The quantitative estimate of drug-likeness (QED) is 0.733. The van der Waals surface area contributed by atoms with Gasteiger partial charge < -0.3 is 10.1 Å². The molecular weight excluding hydrogens is 342 g/mol. The lowest BCUT2D eigenvalue weighted by Gasteiger charge is -2.09. The van der Waals surface area contributed by atoms with Crippen LogP contribution in [0.2, 0.25) is 5.02 Å². The zero-order chi connectivity index (χ0) is 17.8. The maximum Gasteiger partial charge on any atom is 0.411 e. The van der Waals surface area contributed by atoms with Crippen LogP contribution in [0.4, 0.5) is 16.2 Å². The van der Waals surface area contributed by atoms with E-state index >= 15 is 0 Å². The minimum atomic E-state index is -0.570. The SMILES string of the molecule is COC(=O)Nc1ccc(C(=O)Nc2ccnc3cc(Cl)ccc23)cc1. The molecule has 3 aromatic rings. The van der Waals surface area contributed by atoms with E-state index in [0.29, 0.717) is 27.5 Å². The van der Waals surface area contributed by atoms with Gasteiger partial charge in [-0.15, -0.1) is 0 Å². The topological polar surface area (TPSA) is 80.3 Å². The number of benzene rings is 2. The summed E-state index contributed by atoms with van der Waals surface area (Å²) in [5.41, 5.74) is 2.33. The highest BCUT2D eigenvalue weighted by atomic mass is 35.5. The molecule has 1 heterocycles. The Morgan fingerprint density at radius 3 is 2.52 bits per heavy atom. The van der Waals surface area contributed by atoms with Crippen LogP contribution in [0, 0.1) is 0 Å². The Bertz CT molecular complexity index is 942. The molecule has 0 bridgehead atoms.